The lowest BCUT2D eigenvalue weighted by molar-refractivity contribution is -0.115. The minimum atomic E-state index is -3.57. The molecule has 0 radical (unpaired) electrons. The number of hydrogen-bond acceptors (Lipinski definition) is 7. The summed E-state index contributed by atoms with van der Waals surface area (Å²) in [5.41, 5.74) is 2.30. The fourth-order valence-corrected chi connectivity index (χ4v) is 4.98. The number of anilines is 1. The van der Waals surface area contributed by atoms with Gasteiger partial charge in [0.1, 0.15) is 0 Å². The summed E-state index contributed by atoms with van der Waals surface area (Å²) < 4.78 is 28.7. The number of carbonyl (C=O) groups is 1. The highest BCUT2D eigenvalue weighted by Gasteiger charge is 2.20. The number of hydrogen-bond donors (Lipinski definition) is 2. The van der Waals surface area contributed by atoms with E-state index >= 15 is 0 Å². The van der Waals surface area contributed by atoms with Crippen LogP contribution in [0.5, 0.6) is 0 Å². The van der Waals surface area contributed by atoms with Gasteiger partial charge in [-0.1, -0.05) is 11.8 Å². The van der Waals surface area contributed by atoms with E-state index in [0.29, 0.717) is 16.6 Å². The normalized spacial score (nSPS) is 13.0. The van der Waals surface area contributed by atoms with Crippen molar-refractivity contribution in [3.05, 3.63) is 41.7 Å². The van der Waals surface area contributed by atoms with Gasteiger partial charge in [0.2, 0.25) is 15.9 Å². The quantitative estimate of drug-likeness (QED) is 0.533. The third-order valence-corrected chi connectivity index (χ3v) is 6.85. The summed E-state index contributed by atoms with van der Waals surface area (Å²) in [6.45, 7) is 9.10. The first-order chi connectivity index (χ1) is 14.1. The van der Waals surface area contributed by atoms with Gasteiger partial charge in [-0.15, -0.1) is 10.2 Å². The van der Waals surface area contributed by atoms with Crippen LogP contribution in [-0.4, -0.2) is 45.2 Å². The summed E-state index contributed by atoms with van der Waals surface area (Å²) >= 11 is 1.27. The first-order valence-corrected chi connectivity index (χ1v) is 11.7. The Hall–Kier alpha value is -2.50. The maximum absolute atomic E-state index is 12.6. The Morgan fingerprint density at radius 2 is 1.77 bits per heavy atom. The molecule has 9 nitrogen and oxygen atoms in total. The van der Waals surface area contributed by atoms with E-state index in [1.54, 1.807) is 32.9 Å². The van der Waals surface area contributed by atoms with Crippen LogP contribution in [0, 0.1) is 13.8 Å². The Bertz CT molecular complexity index is 1170. The molecular formula is C19H24N6O3S2. The van der Waals surface area contributed by atoms with Crippen molar-refractivity contribution in [1.82, 2.24) is 24.3 Å². The molecule has 11 heteroatoms. The third kappa shape index (κ3) is 4.97. The monoisotopic (exact) mass is 448 g/mol. The molecule has 3 rings (SSSR count). The topological polar surface area (TPSA) is 118 Å². The second-order valence-electron chi connectivity index (χ2n) is 7.21. The number of thioether (sulfide) groups is 1. The van der Waals surface area contributed by atoms with Crippen LogP contribution in [-0.2, 0) is 14.8 Å². The molecule has 160 valence electrons. The lowest BCUT2D eigenvalue weighted by Crippen LogP contribution is -2.30. The minimum Gasteiger partial charge on any atom is -0.325 e. The number of aryl methyl sites for hydroxylation is 2. The Labute approximate surface area is 179 Å². The number of nitrogens with zero attached hydrogens (tertiary/aromatic N) is 4. The first-order valence-electron chi connectivity index (χ1n) is 9.36. The van der Waals surface area contributed by atoms with Gasteiger partial charge in [-0.25, -0.2) is 18.1 Å². The smallest absolute Gasteiger partial charge is 0.256 e. The summed E-state index contributed by atoms with van der Waals surface area (Å²) in [7, 11) is -3.57. The van der Waals surface area contributed by atoms with Crippen molar-refractivity contribution in [3.63, 3.8) is 0 Å². The van der Waals surface area contributed by atoms with Crippen molar-refractivity contribution >= 4 is 39.2 Å². The fourth-order valence-electron chi connectivity index (χ4n) is 2.83. The molecule has 0 saturated carbocycles. The number of nitrogens with one attached hydrogen (secondary N) is 2. The van der Waals surface area contributed by atoms with E-state index in [9.17, 15) is 13.2 Å². The summed E-state index contributed by atoms with van der Waals surface area (Å²) in [5, 5.41) is 11.1. The highest BCUT2D eigenvalue weighted by molar-refractivity contribution is 8.00. The van der Waals surface area contributed by atoms with Crippen LogP contribution < -0.4 is 10.0 Å². The van der Waals surface area contributed by atoms with E-state index in [1.165, 1.54) is 23.9 Å². The van der Waals surface area contributed by atoms with E-state index < -0.39 is 15.3 Å². The second-order valence-corrected chi connectivity index (χ2v) is 10.2. The zero-order valence-corrected chi connectivity index (χ0v) is 19.0. The molecule has 2 aromatic heterocycles. The van der Waals surface area contributed by atoms with E-state index in [-0.39, 0.29) is 16.8 Å². The van der Waals surface area contributed by atoms with E-state index in [4.69, 9.17) is 0 Å². The molecule has 0 spiro atoms. The molecule has 0 aliphatic heterocycles. The van der Waals surface area contributed by atoms with Gasteiger partial charge >= 0.3 is 0 Å². The highest BCUT2D eigenvalue weighted by Crippen LogP contribution is 2.24. The van der Waals surface area contributed by atoms with Crippen molar-refractivity contribution < 1.29 is 13.2 Å². The molecule has 0 bridgehead atoms. The van der Waals surface area contributed by atoms with Crippen LogP contribution in [0.15, 0.2) is 40.4 Å². The summed E-state index contributed by atoms with van der Waals surface area (Å²) in [4.78, 5) is 17.1. The number of rotatable bonds is 7. The lowest BCUT2D eigenvalue weighted by Gasteiger charge is -2.13. The number of benzene rings is 1. The standard InChI is InChI=1S/C19H24N6O3S2/c1-11(2)24-30(27,28)16-8-6-15(7-9-16)21-17(26)14(5)29-19-23-22-18-20-12(3)10-13(4)25(18)19/h6-11,14,24H,1-5H3,(H,21,26). The number of aromatic nitrogens is 4. The molecule has 1 unspecified atom stereocenters. The van der Waals surface area contributed by atoms with Gasteiger partial charge < -0.3 is 5.32 Å². The average Bonchev–Trinajstić information content (AvgIpc) is 3.03. The number of fused-ring (bicyclic) bond motifs is 1. The molecule has 1 atom stereocenters. The van der Waals surface area contributed by atoms with E-state index in [1.807, 2.05) is 24.3 Å². The molecule has 2 N–H and O–H groups in total. The minimum absolute atomic E-state index is 0.143. The highest BCUT2D eigenvalue weighted by atomic mass is 32.2. The van der Waals surface area contributed by atoms with E-state index in [2.05, 4.69) is 25.2 Å². The Morgan fingerprint density at radius 1 is 1.10 bits per heavy atom. The molecule has 0 aliphatic rings. The number of amides is 1. The predicted molar refractivity (Wildman–Crippen MR) is 116 cm³/mol. The first kappa shape index (κ1) is 22.2. The van der Waals surface area contributed by atoms with Crippen LogP contribution >= 0.6 is 11.8 Å². The maximum atomic E-state index is 12.6. The SMILES string of the molecule is Cc1cc(C)n2c(SC(C)C(=O)Nc3ccc(S(=O)(=O)NC(C)C)cc3)nnc2n1. The van der Waals surface area contributed by atoms with Crippen LogP contribution in [0.1, 0.15) is 32.2 Å². The molecular weight excluding hydrogens is 424 g/mol. The zero-order chi connectivity index (χ0) is 22.1. The fraction of sp³-hybridized carbons (Fsp3) is 0.368. The molecule has 0 saturated heterocycles. The van der Waals surface area contributed by atoms with Gasteiger partial charge in [-0.05, 0) is 65.0 Å². The van der Waals surface area contributed by atoms with Crippen molar-refractivity contribution in [2.45, 2.75) is 56.0 Å². The van der Waals surface area contributed by atoms with Gasteiger partial charge in [0.25, 0.3) is 5.78 Å². The van der Waals surface area contributed by atoms with Crippen molar-refractivity contribution in [3.8, 4) is 0 Å². The predicted octanol–water partition coefficient (Wildman–Crippen LogP) is 2.55. The maximum Gasteiger partial charge on any atom is 0.256 e. The van der Waals surface area contributed by atoms with Gasteiger partial charge in [-0.2, -0.15) is 0 Å². The lowest BCUT2D eigenvalue weighted by atomic mass is 10.3. The zero-order valence-electron chi connectivity index (χ0n) is 17.4. The second kappa shape index (κ2) is 8.70. The average molecular weight is 449 g/mol. The number of sulfonamides is 1. The van der Waals surface area contributed by atoms with Crippen molar-refractivity contribution in [2.75, 3.05) is 5.32 Å². The summed E-state index contributed by atoms with van der Waals surface area (Å²) in [6.07, 6.45) is 0. The van der Waals surface area contributed by atoms with Gasteiger partial charge in [0, 0.05) is 23.1 Å². The largest absolute Gasteiger partial charge is 0.325 e. The van der Waals surface area contributed by atoms with Crippen LogP contribution in [0.3, 0.4) is 0 Å². The Balaban J connectivity index is 1.69. The van der Waals surface area contributed by atoms with Gasteiger partial charge in [0.05, 0.1) is 10.1 Å². The Kier molecular flexibility index (Phi) is 6.44. The van der Waals surface area contributed by atoms with Gasteiger partial charge in [-0.3, -0.25) is 9.20 Å². The van der Waals surface area contributed by atoms with Crippen molar-refractivity contribution in [1.29, 1.82) is 0 Å². The summed E-state index contributed by atoms with van der Waals surface area (Å²) in [5.74, 6) is 0.264. The number of carbonyl (C=O) groups excluding carboxylic acids is 1. The van der Waals surface area contributed by atoms with Crippen LogP contribution in [0.25, 0.3) is 5.78 Å². The molecule has 1 aromatic carbocycles. The molecule has 3 aromatic rings. The molecule has 0 fully saturated rings. The molecule has 1 amide bonds. The van der Waals surface area contributed by atoms with Crippen LogP contribution in [0.4, 0.5) is 5.69 Å². The third-order valence-electron chi connectivity index (χ3n) is 4.14. The van der Waals surface area contributed by atoms with Crippen molar-refractivity contribution in [2.24, 2.45) is 0 Å². The van der Waals surface area contributed by atoms with Gasteiger partial charge in [0.15, 0.2) is 5.16 Å². The molecule has 30 heavy (non-hydrogen) atoms. The molecule has 2 heterocycles. The molecule has 0 aliphatic carbocycles. The van der Waals surface area contributed by atoms with Crippen LogP contribution in [0.2, 0.25) is 0 Å². The van der Waals surface area contributed by atoms with E-state index in [0.717, 1.165) is 11.4 Å². The Morgan fingerprint density at radius 3 is 2.40 bits per heavy atom. The summed E-state index contributed by atoms with van der Waals surface area (Å²) in [6, 6.07) is 7.77.